The number of hydrogen-bond acceptors (Lipinski definition) is 4. The van der Waals surface area contributed by atoms with Gasteiger partial charge in [0.2, 0.25) is 0 Å². The van der Waals surface area contributed by atoms with E-state index in [1.165, 1.54) is 33.5 Å². The van der Waals surface area contributed by atoms with Crippen LogP contribution < -0.4 is 9.80 Å². The smallest absolute Gasteiger partial charge is 0.133 e. The maximum Gasteiger partial charge on any atom is 0.133 e. The second-order valence-electron chi connectivity index (χ2n) is 14.3. The van der Waals surface area contributed by atoms with Crippen LogP contribution in [0.2, 0.25) is 0 Å². The molecule has 0 N–H and O–H groups in total. The van der Waals surface area contributed by atoms with E-state index in [4.69, 9.17) is 16.8 Å². The van der Waals surface area contributed by atoms with Crippen LogP contribution in [0.5, 0.6) is 0 Å². The molecule has 2 aromatic heterocycles. The highest BCUT2D eigenvalue weighted by Gasteiger charge is 2.30. The third kappa shape index (κ3) is 5.59. The van der Waals surface area contributed by atoms with Crippen LogP contribution in [0.1, 0.15) is 87.7 Å². The third-order valence-electron chi connectivity index (χ3n) is 9.88. The molecule has 4 nitrogen and oxygen atoms in total. The zero-order valence-electron chi connectivity index (χ0n) is 32.9. The highest BCUT2D eigenvalue weighted by Crippen LogP contribution is 2.42. The Hall–Kier alpha value is -4.44. The summed E-state index contributed by atoms with van der Waals surface area (Å²) in [7, 11) is 0. The van der Waals surface area contributed by atoms with E-state index in [9.17, 15) is 0 Å². The molecule has 0 bridgehead atoms. The molecule has 2 aliphatic rings. The van der Waals surface area contributed by atoms with Crippen molar-refractivity contribution in [1.82, 2.24) is 9.97 Å². The van der Waals surface area contributed by atoms with Crippen LogP contribution in [0, 0.1) is 6.92 Å². The maximum atomic E-state index is 8.49. The van der Waals surface area contributed by atoms with Crippen molar-refractivity contribution in [2.75, 3.05) is 22.9 Å². The molecule has 0 saturated heterocycles. The Balaban J connectivity index is 1.24. The molecule has 0 fully saturated rings. The van der Waals surface area contributed by atoms with Gasteiger partial charge >= 0.3 is 0 Å². The fourth-order valence-electron chi connectivity index (χ4n) is 6.94. The van der Waals surface area contributed by atoms with Crippen LogP contribution in [0.15, 0.2) is 97.2 Å². The van der Waals surface area contributed by atoms with Gasteiger partial charge in [-0.05, 0) is 107 Å². The van der Waals surface area contributed by atoms with Crippen molar-refractivity contribution in [3.05, 3.63) is 131 Å². The SMILES string of the molecule is [2H]c1c([2H])c([2H])c(-c2cnc(N3CCCc4ccc(C(C)(C)c5ccc6c(c5)N(c5cc(C(C)(C)C)ccn5)CCC6)cc43)cc2C)c([2H])c1[2H]. The monoisotopic (exact) mass is 611 g/mol. The molecule has 3 aromatic carbocycles. The molecule has 0 aliphatic carbocycles. The maximum absolute atomic E-state index is 8.49. The summed E-state index contributed by atoms with van der Waals surface area (Å²) in [6.45, 7) is 15.0. The van der Waals surface area contributed by atoms with E-state index in [-0.39, 0.29) is 40.6 Å². The number of benzene rings is 3. The van der Waals surface area contributed by atoms with Gasteiger partial charge in [0.1, 0.15) is 11.6 Å². The zero-order chi connectivity index (χ0) is 36.4. The van der Waals surface area contributed by atoms with Gasteiger partial charge in [-0.15, -0.1) is 0 Å². The number of nitrogens with zero attached hydrogens (tertiary/aromatic N) is 4. The summed E-state index contributed by atoms with van der Waals surface area (Å²) in [5, 5.41) is 0. The number of hydrogen-bond donors (Lipinski definition) is 0. The predicted molar refractivity (Wildman–Crippen MR) is 193 cm³/mol. The molecule has 234 valence electrons. The lowest BCUT2D eigenvalue weighted by Gasteiger charge is -2.35. The van der Waals surface area contributed by atoms with Gasteiger partial charge in [0.05, 0.1) is 6.85 Å². The van der Waals surface area contributed by atoms with Gasteiger partial charge in [0.15, 0.2) is 0 Å². The van der Waals surface area contributed by atoms with Crippen LogP contribution >= 0.6 is 0 Å². The molecule has 5 aromatic rings. The Bertz CT molecular complexity index is 2140. The van der Waals surface area contributed by atoms with Crippen molar-refractivity contribution in [3.8, 4) is 11.1 Å². The largest absolute Gasteiger partial charge is 0.326 e. The molecule has 0 saturated carbocycles. The molecule has 4 heterocycles. The zero-order valence-corrected chi connectivity index (χ0v) is 27.9. The average Bonchev–Trinajstić information content (AvgIpc) is 3.12. The van der Waals surface area contributed by atoms with E-state index < -0.39 is 6.04 Å². The fourth-order valence-corrected chi connectivity index (χ4v) is 6.94. The van der Waals surface area contributed by atoms with Gasteiger partial charge in [-0.1, -0.05) is 89.1 Å². The van der Waals surface area contributed by atoms with Gasteiger partial charge in [-0.2, -0.15) is 0 Å². The normalized spacial score (nSPS) is 16.5. The minimum absolute atomic E-state index is 0.0427. The number of rotatable bonds is 5. The van der Waals surface area contributed by atoms with Crippen LogP contribution in [0.4, 0.5) is 23.0 Å². The summed E-state index contributed by atoms with van der Waals surface area (Å²) in [6, 6.07) is 18.7. The van der Waals surface area contributed by atoms with E-state index in [0.717, 1.165) is 61.7 Å². The minimum Gasteiger partial charge on any atom is -0.326 e. The molecule has 46 heavy (non-hydrogen) atoms. The van der Waals surface area contributed by atoms with E-state index >= 15 is 0 Å². The van der Waals surface area contributed by atoms with E-state index in [2.05, 4.69) is 92.9 Å². The molecule has 0 spiro atoms. The lowest BCUT2D eigenvalue weighted by Crippen LogP contribution is -2.28. The fraction of sp³-hybridized carbons (Fsp3) is 0.333. The number of pyridine rings is 2. The van der Waals surface area contributed by atoms with Gasteiger partial charge in [0.25, 0.3) is 0 Å². The number of fused-ring (bicyclic) bond motifs is 2. The second-order valence-corrected chi connectivity index (χ2v) is 14.3. The Kier molecular flexibility index (Phi) is 6.31. The first-order valence-corrected chi connectivity index (χ1v) is 16.5. The molecule has 7 rings (SSSR count). The molecule has 2 aliphatic heterocycles. The lowest BCUT2D eigenvalue weighted by atomic mass is 9.76. The van der Waals surface area contributed by atoms with Gasteiger partial charge < -0.3 is 9.80 Å². The Morgan fingerprint density at radius 3 is 1.83 bits per heavy atom. The quantitative estimate of drug-likeness (QED) is 0.198. The summed E-state index contributed by atoms with van der Waals surface area (Å²) in [5.41, 5.74) is 10.0. The van der Waals surface area contributed by atoms with Crippen molar-refractivity contribution in [2.45, 2.75) is 78.1 Å². The second kappa shape index (κ2) is 11.7. The molecule has 0 radical (unpaired) electrons. The number of aryl methyl sites for hydroxylation is 3. The van der Waals surface area contributed by atoms with Crippen molar-refractivity contribution < 1.29 is 6.85 Å². The lowest BCUT2D eigenvalue weighted by molar-refractivity contribution is 0.589. The van der Waals surface area contributed by atoms with Crippen LogP contribution in [0.3, 0.4) is 0 Å². The summed E-state index contributed by atoms with van der Waals surface area (Å²) < 4.78 is 41.3. The molecular weight excluding hydrogens is 560 g/mol. The minimum atomic E-state index is -0.393. The molecule has 4 heteroatoms. The first kappa shape index (κ1) is 24.7. The topological polar surface area (TPSA) is 32.3 Å². The number of anilines is 4. The van der Waals surface area contributed by atoms with Crippen LogP contribution in [0.25, 0.3) is 11.1 Å². The van der Waals surface area contributed by atoms with Crippen molar-refractivity contribution >= 4 is 23.0 Å². The van der Waals surface area contributed by atoms with E-state index in [0.29, 0.717) is 5.56 Å². The summed E-state index contributed by atoms with van der Waals surface area (Å²) in [5.74, 6) is 1.79. The third-order valence-corrected chi connectivity index (χ3v) is 9.88. The van der Waals surface area contributed by atoms with Gasteiger partial charge in [-0.25, -0.2) is 9.97 Å². The van der Waals surface area contributed by atoms with Crippen molar-refractivity contribution in [2.24, 2.45) is 0 Å². The highest BCUT2D eigenvalue weighted by atomic mass is 15.2. The molecular formula is C42H46N4. The van der Waals surface area contributed by atoms with E-state index in [1.807, 2.05) is 19.2 Å². The van der Waals surface area contributed by atoms with Crippen molar-refractivity contribution in [3.63, 3.8) is 0 Å². The van der Waals surface area contributed by atoms with E-state index in [1.54, 1.807) is 6.20 Å². The molecule has 0 amide bonds. The van der Waals surface area contributed by atoms with Crippen LogP contribution in [-0.2, 0) is 23.7 Å². The summed E-state index contributed by atoms with van der Waals surface area (Å²) >= 11 is 0. The Morgan fingerprint density at radius 1 is 0.674 bits per heavy atom. The van der Waals surface area contributed by atoms with Crippen LogP contribution in [-0.4, -0.2) is 23.1 Å². The van der Waals surface area contributed by atoms with Crippen molar-refractivity contribution in [1.29, 1.82) is 0 Å². The molecule has 0 unspecified atom stereocenters. The first-order chi connectivity index (χ1) is 24.2. The predicted octanol–water partition coefficient (Wildman–Crippen LogP) is 10.2. The van der Waals surface area contributed by atoms with Gasteiger partial charge in [0, 0.05) is 47.8 Å². The summed E-state index contributed by atoms with van der Waals surface area (Å²) in [4.78, 5) is 14.3. The Morgan fingerprint density at radius 2 is 1.26 bits per heavy atom. The first-order valence-electron chi connectivity index (χ1n) is 19.0. The number of aromatic nitrogens is 2. The summed E-state index contributed by atoms with van der Waals surface area (Å²) in [6.07, 6.45) is 7.73. The Labute approximate surface area is 282 Å². The highest BCUT2D eigenvalue weighted by molar-refractivity contribution is 5.73. The standard InChI is InChI=1S/C42H46N4/c1-29-24-39(44-28-36(29)30-12-8-7-9-13-30)45-22-10-14-31-16-18-34(25-37(31)45)42(5,6)35-19-17-32-15-11-23-46(38(32)26-35)40-27-33(20-21-43-40)41(2,3)4/h7-9,12-13,16-21,24-28H,10-11,14-15,22-23H2,1-6H3/i7D,8D,9D,12D,13D. The average molecular weight is 612 g/mol. The molecule has 0 atom stereocenters. The van der Waals surface area contributed by atoms with Gasteiger partial charge in [-0.3, -0.25) is 0 Å².